The Morgan fingerprint density at radius 1 is 0.923 bits per heavy atom. The van der Waals surface area contributed by atoms with Crippen LogP contribution in [0.5, 0.6) is 11.5 Å². The Labute approximate surface area is 148 Å². The highest BCUT2D eigenvalue weighted by Gasteiger charge is 2.18. The first-order chi connectivity index (χ1) is 12.5. The van der Waals surface area contributed by atoms with E-state index in [0.29, 0.717) is 22.7 Å². The van der Waals surface area contributed by atoms with E-state index in [1.807, 2.05) is 12.1 Å². The number of aromatic nitrogens is 1. The Morgan fingerprint density at radius 3 is 2.27 bits per heavy atom. The van der Waals surface area contributed by atoms with Gasteiger partial charge in [-0.25, -0.2) is 0 Å². The number of ether oxygens (including phenoxy) is 1. The lowest BCUT2D eigenvalue weighted by Gasteiger charge is -2.11. The van der Waals surface area contributed by atoms with Gasteiger partial charge in [0.2, 0.25) is 0 Å². The molecule has 0 aliphatic rings. The fourth-order valence-corrected chi connectivity index (χ4v) is 2.52. The van der Waals surface area contributed by atoms with Gasteiger partial charge in [-0.3, -0.25) is 4.79 Å². The van der Waals surface area contributed by atoms with Crippen LogP contribution < -0.4 is 21.8 Å². The zero-order valence-electron chi connectivity index (χ0n) is 13.5. The second-order valence-corrected chi connectivity index (χ2v) is 5.42. The summed E-state index contributed by atoms with van der Waals surface area (Å²) in [4.78, 5) is 14.3. The van der Waals surface area contributed by atoms with Crippen molar-refractivity contribution in [3.63, 3.8) is 0 Å². The SMILES string of the molecule is N#Cc1c(N)[nH]c(=O)c(C#N)c1-c1cccc(Oc2ccc(N)cc2)c1. The number of aromatic amines is 1. The third kappa shape index (κ3) is 3.05. The number of hydrogen-bond acceptors (Lipinski definition) is 6. The number of benzene rings is 2. The molecule has 26 heavy (non-hydrogen) atoms. The van der Waals surface area contributed by atoms with E-state index in [9.17, 15) is 15.3 Å². The van der Waals surface area contributed by atoms with Crippen molar-refractivity contribution in [1.29, 1.82) is 10.5 Å². The van der Waals surface area contributed by atoms with Crippen LogP contribution >= 0.6 is 0 Å². The topological polar surface area (TPSA) is 142 Å². The molecule has 0 atom stereocenters. The van der Waals surface area contributed by atoms with Crippen molar-refractivity contribution < 1.29 is 4.74 Å². The monoisotopic (exact) mass is 343 g/mol. The van der Waals surface area contributed by atoms with Gasteiger partial charge in [0.1, 0.15) is 40.6 Å². The summed E-state index contributed by atoms with van der Waals surface area (Å²) in [5.74, 6) is 0.957. The summed E-state index contributed by atoms with van der Waals surface area (Å²) in [6, 6.07) is 17.3. The van der Waals surface area contributed by atoms with Crippen LogP contribution in [0, 0.1) is 22.7 Å². The molecule has 0 bridgehead atoms. The number of nitrogen functional groups attached to an aromatic ring is 2. The predicted molar refractivity (Wildman–Crippen MR) is 97.3 cm³/mol. The van der Waals surface area contributed by atoms with Crippen molar-refractivity contribution in [3.05, 3.63) is 70.0 Å². The van der Waals surface area contributed by atoms with E-state index in [0.717, 1.165) is 0 Å². The highest BCUT2D eigenvalue weighted by molar-refractivity contribution is 5.80. The molecule has 7 heteroatoms. The molecule has 0 radical (unpaired) electrons. The van der Waals surface area contributed by atoms with Crippen LogP contribution in [0.1, 0.15) is 11.1 Å². The molecule has 0 aliphatic carbocycles. The number of rotatable bonds is 3. The van der Waals surface area contributed by atoms with Crippen LogP contribution in [0.3, 0.4) is 0 Å². The summed E-state index contributed by atoms with van der Waals surface area (Å²) < 4.78 is 5.76. The van der Waals surface area contributed by atoms with E-state index in [4.69, 9.17) is 16.2 Å². The van der Waals surface area contributed by atoms with Gasteiger partial charge < -0.3 is 21.2 Å². The molecule has 0 saturated carbocycles. The van der Waals surface area contributed by atoms with Crippen molar-refractivity contribution in [2.24, 2.45) is 0 Å². The largest absolute Gasteiger partial charge is 0.457 e. The predicted octanol–water partition coefficient (Wildman–Crippen LogP) is 2.74. The van der Waals surface area contributed by atoms with Gasteiger partial charge in [0.05, 0.1) is 0 Å². The molecule has 3 rings (SSSR count). The van der Waals surface area contributed by atoms with E-state index in [1.165, 1.54) is 0 Å². The maximum atomic E-state index is 12.0. The summed E-state index contributed by atoms with van der Waals surface area (Å²) >= 11 is 0. The number of nitrogens with one attached hydrogen (secondary N) is 1. The Morgan fingerprint density at radius 2 is 1.62 bits per heavy atom. The Balaban J connectivity index is 2.12. The van der Waals surface area contributed by atoms with Gasteiger partial charge in [-0.05, 0) is 42.0 Å². The van der Waals surface area contributed by atoms with Gasteiger partial charge in [0, 0.05) is 11.3 Å². The van der Waals surface area contributed by atoms with E-state index >= 15 is 0 Å². The van der Waals surface area contributed by atoms with Crippen LogP contribution in [0.2, 0.25) is 0 Å². The number of nitrogens with zero attached hydrogens (tertiary/aromatic N) is 2. The maximum Gasteiger partial charge on any atom is 0.268 e. The Hall–Kier alpha value is -4.23. The number of H-pyrrole nitrogens is 1. The zero-order valence-corrected chi connectivity index (χ0v) is 13.5. The molecule has 0 saturated heterocycles. The van der Waals surface area contributed by atoms with E-state index < -0.39 is 5.56 Å². The van der Waals surface area contributed by atoms with Gasteiger partial charge in [-0.2, -0.15) is 10.5 Å². The number of anilines is 2. The van der Waals surface area contributed by atoms with Crippen LogP contribution in [0.25, 0.3) is 11.1 Å². The minimum absolute atomic E-state index is 0.0331. The molecule has 7 nitrogen and oxygen atoms in total. The van der Waals surface area contributed by atoms with Crippen LogP contribution in [-0.4, -0.2) is 4.98 Å². The lowest BCUT2D eigenvalue weighted by molar-refractivity contribution is 0.483. The summed E-state index contributed by atoms with van der Waals surface area (Å²) in [5.41, 5.74) is 11.9. The first-order valence-corrected chi connectivity index (χ1v) is 7.53. The first-order valence-electron chi connectivity index (χ1n) is 7.53. The number of nitrogens with two attached hydrogens (primary N) is 2. The summed E-state index contributed by atoms with van der Waals surface area (Å²) in [6.45, 7) is 0. The lowest BCUT2D eigenvalue weighted by Crippen LogP contribution is -2.16. The third-order valence-corrected chi connectivity index (χ3v) is 3.71. The Bertz CT molecular complexity index is 1120. The van der Waals surface area contributed by atoms with E-state index in [2.05, 4.69) is 4.98 Å². The summed E-state index contributed by atoms with van der Waals surface area (Å²) in [5, 5.41) is 18.7. The molecule has 1 heterocycles. The number of nitriles is 2. The van der Waals surface area contributed by atoms with Crippen molar-refractivity contribution in [2.75, 3.05) is 11.5 Å². The highest BCUT2D eigenvalue weighted by Crippen LogP contribution is 2.32. The van der Waals surface area contributed by atoms with E-state index in [1.54, 1.807) is 48.5 Å². The minimum atomic E-state index is -0.649. The first kappa shape index (κ1) is 16.6. The third-order valence-electron chi connectivity index (χ3n) is 3.71. The molecule has 5 N–H and O–H groups in total. The highest BCUT2D eigenvalue weighted by atomic mass is 16.5. The van der Waals surface area contributed by atoms with E-state index in [-0.39, 0.29) is 22.5 Å². The van der Waals surface area contributed by atoms with Crippen LogP contribution in [0.4, 0.5) is 11.5 Å². The fraction of sp³-hybridized carbons (Fsp3) is 0. The fourth-order valence-electron chi connectivity index (χ4n) is 2.52. The van der Waals surface area contributed by atoms with Gasteiger partial charge in [-0.15, -0.1) is 0 Å². The molecule has 0 amide bonds. The smallest absolute Gasteiger partial charge is 0.268 e. The van der Waals surface area contributed by atoms with Crippen LogP contribution in [-0.2, 0) is 0 Å². The average Bonchev–Trinajstić information content (AvgIpc) is 2.63. The van der Waals surface area contributed by atoms with Gasteiger partial charge >= 0.3 is 0 Å². The molecule has 3 aromatic rings. The van der Waals surface area contributed by atoms with Crippen molar-refractivity contribution in [3.8, 4) is 34.8 Å². The molecule has 1 aromatic heterocycles. The Kier molecular flexibility index (Phi) is 4.29. The summed E-state index contributed by atoms with van der Waals surface area (Å²) in [6.07, 6.45) is 0. The van der Waals surface area contributed by atoms with Crippen molar-refractivity contribution in [1.82, 2.24) is 4.98 Å². The minimum Gasteiger partial charge on any atom is -0.457 e. The molecule has 0 fully saturated rings. The van der Waals surface area contributed by atoms with Crippen molar-refractivity contribution >= 4 is 11.5 Å². The molecule has 0 spiro atoms. The molecule has 0 unspecified atom stereocenters. The van der Waals surface area contributed by atoms with Crippen LogP contribution in [0.15, 0.2) is 53.3 Å². The lowest BCUT2D eigenvalue weighted by atomic mass is 9.96. The standard InChI is InChI=1S/C19H13N5O2/c20-9-15-17(16(10-21)19(25)24-18(15)23)11-2-1-3-14(8-11)26-13-6-4-12(22)5-7-13/h1-8H,22H2,(H3,23,24,25). The molecule has 0 aliphatic heterocycles. The second kappa shape index (κ2) is 6.71. The maximum absolute atomic E-state index is 12.0. The zero-order chi connectivity index (χ0) is 18.7. The molecule has 2 aromatic carbocycles. The molecular formula is C19H13N5O2. The molecular weight excluding hydrogens is 330 g/mol. The quantitative estimate of drug-likeness (QED) is 0.624. The normalized spacial score (nSPS) is 9.92. The molecule has 126 valence electrons. The van der Waals surface area contributed by atoms with Crippen molar-refractivity contribution in [2.45, 2.75) is 0 Å². The number of pyridine rings is 1. The summed E-state index contributed by atoms with van der Waals surface area (Å²) in [7, 11) is 0. The van der Waals surface area contributed by atoms with Gasteiger partial charge in [-0.1, -0.05) is 12.1 Å². The second-order valence-electron chi connectivity index (χ2n) is 5.42. The average molecular weight is 343 g/mol. The van der Waals surface area contributed by atoms with Gasteiger partial charge in [0.25, 0.3) is 5.56 Å². The van der Waals surface area contributed by atoms with Gasteiger partial charge in [0.15, 0.2) is 0 Å². The number of hydrogen-bond donors (Lipinski definition) is 3.